The molecular weight excluding hydrogens is 495 g/mol. The molecule has 2 aliphatic carbocycles. The van der Waals surface area contributed by atoms with Crippen LogP contribution in [0.2, 0.25) is 0 Å². The van der Waals surface area contributed by atoms with E-state index in [-0.39, 0.29) is 16.0 Å². The molecule has 0 atom stereocenters. The summed E-state index contributed by atoms with van der Waals surface area (Å²) in [7, 11) is -3.32. The van der Waals surface area contributed by atoms with Gasteiger partial charge in [0, 0.05) is 17.2 Å². The van der Waals surface area contributed by atoms with Crippen molar-refractivity contribution in [2.24, 2.45) is 0 Å². The standard InChI is InChI=1S/C27H27FN4O4S/c1-37(35,36)19-8-5-17(6-9-19)18-7-10-20-21(15-18)30-23(22(20)28)24(33)31-27(11-3-2-4-12-27)25(34)32-26(16-29)13-14-26/h5-10,15,30H,2-4,11-14H2,1H3,(H,31,33)(H,32,34). The molecule has 192 valence electrons. The number of sulfone groups is 1. The van der Waals surface area contributed by atoms with Crippen LogP contribution in [-0.2, 0) is 14.6 Å². The molecule has 10 heteroatoms. The summed E-state index contributed by atoms with van der Waals surface area (Å²) in [6.45, 7) is 0. The third-order valence-electron chi connectivity index (χ3n) is 7.39. The second-order valence-corrected chi connectivity index (χ2v) is 12.1. The first-order valence-corrected chi connectivity index (χ1v) is 14.1. The number of carbonyl (C=O) groups is 2. The third-order valence-corrected chi connectivity index (χ3v) is 8.52. The number of aromatic amines is 1. The van der Waals surface area contributed by atoms with Gasteiger partial charge in [0.1, 0.15) is 16.8 Å². The van der Waals surface area contributed by atoms with Gasteiger partial charge in [0.15, 0.2) is 15.7 Å². The number of aromatic nitrogens is 1. The van der Waals surface area contributed by atoms with E-state index in [0.29, 0.717) is 31.2 Å². The van der Waals surface area contributed by atoms with Gasteiger partial charge in [-0.05, 0) is 61.1 Å². The number of nitriles is 1. The third kappa shape index (κ3) is 4.71. The Labute approximate surface area is 214 Å². The number of carbonyl (C=O) groups excluding carboxylic acids is 2. The maximum atomic E-state index is 15.3. The van der Waals surface area contributed by atoms with Gasteiger partial charge in [0.2, 0.25) is 5.91 Å². The molecule has 37 heavy (non-hydrogen) atoms. The Balaban J connectivity index is 1.42. The highest BCUT2D eigenvalue weighted by atomic mass is 32.2. The van der Waals surface area contributed by atoms with Crippen molar-refractivity contribution in [3.05, 3.63) is 54.0 Å². The second kappa shape index (κ2) is 8.99. The molecule has 0 bridgehead atoms. The first-order chi connectivity index (χ1) is 17.6. The van der Waals surface area contributed by atoms with Gasteiger partial charge in [-0.1, -0.05) is 37.5 Å². The summed E-state index contributed by atoms with van der Waals surface area (Å²) in [5.74, 6) is -1.82. The number of H-pyrrole nitrogens is 1. The molecule has 2 fully saturated rings. The van der Waals surface area contributed by atoms with Crippen molar-refractivity contribution < 1.29 is 22.4 Å². The number of hydrogen-bond acceptors (Lipinski definition) is 5. The zero-order valence-electron chi connectivity index (χ0n) is 20.4. The Morgan fingerprint density at radius 2 is 1.62 bits per heavy atom. The Morgan fingerprint density at radius 1 is 0.973 bits per heavy atom. The molecule has 2 aromatic carbocycles. The number of hydrogen-bond donors (Lipinski definition) is 3. The van der Waals surface area contributed by atoms with Gasteiger partial charge in [-0.15, -0.1) is 0 Å². The lowest BCUT2D eigenvalue weighted by molar-refractivity contribution is -0.129. The number of benzene rings is 2. The van der Waals surface area contributed by atoms with Gasteiger partial charge in [0.25, 0.3) is 5.91 Å². The van der Waals surface area contributed by atoms with Crippen LogP contribution < -0.4 is 10.6 Å². The van der Waals surface area contributed by atoms with Crippen molar-refractivity contribution in [3.63, 3.8) is 0 Å². The molecule has 8 nitrogen and oxygen atoms in total. The highest BCUT2D eigenvalue weighted by Gasteiger charge is 2.50. The predicted octanol–water partition coefficient (Wildman–Crippen LogP) is 3.98. The number of nitrogens with one attached hydrogen (secondary N) is 3. The summed E-state index contributed by atoms with van der Waals surface area (Å²) < 4.78 is 38.8. The summed E-state index contributed by atoms with van der Waals surface area (Å²) in [6, 6.07) is 13.5. The lowest BCUT2D eigenvalue weighted by Gasteiger charge is -2.37. The SMILES string of the molecule is CS(=O)(=O)c1ccc(-c2ccc3c(F)c(C(=O)NC4(C(=O)NC5(C#N)CC5)CCCCC4)[nH]c3c2)cc1. The number of rotatable bonds is 6. The highest BCUT2D eigenvalue weighted by Crippen LogP contribution is 2.37. The van der Waals surface area contributed by atoms with Gasteiger partial charge < -0.3 is 15.6 Å². The average molecular weight is 523 g/mol. The van der Waals surface area contributed by atoms with Crippen molar-refractivity contribution in [3.8, 4) is 17.2 Å². The van der Waals surface area contributed by atoms with E-state index in [9.17, 15) is 23.3 Å². The Bertz CT molecular complexity index is 1540. The molecule has 0 aliphatic heterocycles. The van der Waals surface area contributed by atoms with Crippen molar-refractivity contribution in [2.45, 2.75) is 60.9 Å². The zero-order valence-corrected chi connectivity index (χ0v) is 21.2. The second-order valence-electron chi connectivity index (χ2n) is 10.1. The normalized spacial score (nSPS) is 18.1. The summed E-state index contributed by atoms with van der Waals surface area (Å²) >= 11 is 0. The molecule has 2 saturated carbocycles. The fourth-order valence-electron chi connectivity index (χ4n) is 4.96. The molecule has 0 unspecified atom stereocenters. The van der Waals surface area contributed by atoms with Gasteiger partial charge in [-0.3, -0.25) is 9.59 Å². The Morgan fingerprint density at radius 3 is 2.22 bits per heavy atom. The molecular formula is C27H27FN4O4S. The van der Waals surface area contributed by atoms with Crippen molar-refractivity contribution in [1.82, 2.24) is 15.6 Å². The molecule has 2 amide bonds. The van der Waals surface area contributed by atoms with E-state index in [1.54, 1.807) is 30.3 Å². The van der Waals surface area contributed by atoms with Crippen LogP contribution in [0.25, 0.3) is 22.0 Å². The Kier molecular flexibility index (Phi) is 6.07. The number of halogens is 1. The Hall–Kier alpha value is -3.71. The minimum Gasteiger partial charge on any atom is -0.348 e. The largest absolute Gasteiger partial charge is 0.348 e. The van der Waals surface area contributed by atoms with Crippen LogP contribution in [0.15, 0.2) is 47.4 Å². The van der Waals surface area contributed by atoms with Gasteiger partial charge in [0.05, 0.1) is 11.0 Å². The van der Waals surface area contributed by atoms with Crippen LogP contribution in [-0.4, -0.2) is 42.5 Å². The maximum absolute atomic E-state index is 15.3. The quantitative estimate of drug-likeness (QED) is 0.451. The van der Waals surface area contributed by atoms with Crippen LogP contribution in [0.1, 0.15) is 55.4 Å². The molecule has 3 N–H and O–H groups in total. The zero-order chi connectivity index (χ0) is 26.4. The number of amides is 2. The van der Waals surface area contributed by atoms with E-state index in [1.807, 2.05) is 0 Å². The molecule has 1 heterocycles. The van der Waals surface area contributed by atoms with Crippen LogP contribution in [0, 0.1) is 17.1 Å². The van der Waals surface area contributed by atoms with E-state index >= 15 is 4.39 Å². The molecule has 3 aromatic rings. The average Bonchev–Trinajstić information content (AvgIpc) is 3.58. The smallest absolute Gasteiger partial charge is 0.271 e. The maximum Gasteiger partial charge on any atom is 0.271 e. The van der Waals surface area contributed by atoms with Crippen LogP contribution in [0.5, 0.6) is 0 Å². The van der Waals surface area contributed by atoms with E-state index in [4.69, 9.17) is 0 Å². The molecule has 0 saturated heterocycles. The fourth-order valence-corrected chi connectivity index (χ4v) is 5.60. The van der Waals surface area contributed by atoms with E-state index in [0.717, 1.165) is 36.6 Å². The van der Waals surface area contributed by atoms with Gasteiger partial charge >= 0.3 is 0 Å². The minimum atomic E-state index is -3.32. The summed E-state index contributed by atoms with van der Waals surface area (Å²) in [5, 5.41) is 15.2. The summed E-state index contributed by atoms with van der Waals surface area (Å²) in [6.07, 6.45) is 5.54. The monoisotopic (exact) mass is 522 g/mol. The van der Waals surface area contributed by atoms with Crippen molar-refractivity contribution in [2.75, 3.05) is 6.26 Å². The molecule has 5 rings (SSSR count). The molecule has 0 spiro atoms. The number of nitrogens with zero attached hydrogens (tertiary/aromatic N) is 1. The minimum absolute atomic E-state index is 0.199. The summed E-state index contributed by atoms with van der Waals surface area (Å²) in [4.78, 5) is 29.6. The fraction of sp³-hybridized carbons (Fsp3) is 0.370. The first kappa shape index (κ1) is 25.0. The van der Waals surface area contributed by atoms with Crippen molar-refractivity contribution >= 4 is 32.6 Å². The van der Waals surface area contributed by atoms with Crippen LogP contribution in [0.4, 0.5) is 4.39 Å². The van der Waals surface area contributed by atoms with E-state index < -0.39 is 38.5 Å². The van der Waals surface area contributed by atoms with Crippen molar-refractivity contribution in [1.29, 1.82) is 5.26 Å². The topological polar surface area (TPSA) is 132 Å². The molecule has 0 radical (unpaired) electrons. The van der Waals surface area contributed by atoms with E-state index in [2.05, 4.69) is 21.7 Å². The van der Waals surface area contributed by atoms with E-state index in [1.165, 1.54) is 12.1 Å². The lowest BCUT2D eigenvalue weighted by Crippen LogP contribution is -2.61. The van der Waals surface area contributed by atoms with Gasteiger partial charge in [-0.25, -0.2) is 12.8 Å². The van der Waals surface area contributed by atoms with Crippen LogP contribution >= 0.6 is 0 Å². The number of fused-ring (bicyclic) bond motifs is 1. The first-order valence-electron chi connectivity index (χ1n) is 12.2. The van der Waals surface area contributed by atoms with Gasteiger partial charge in [-0.2, -0.15) is 5.26 Å². The predicted molar refractivity (Wildman–Crippen MR) is 136 cm³/mol. The van der Waals surface area contributed by atoms with Crippen LogP contribution in [0.3, 0.4) is 0 Å². The molecule has 2 aliphatic rings. The lowest BCUT2D eigenvalue weighted by atomic mass is 9.80. The highest BCUT2D eigenvalue weighted by molar-refractivity contribution is 7.90. The summed E-state index contributed by atoms with van der Waals surface area (Å²) in [5.41, 5.74) is -0.476. The molecule has 1 aromatic heterocycles.